The van der Waals surface area contributed by atoms with E-state index in [2.05, 4.69) is 15.3 Å². The smallest absolute Gasteiger partial charge is 0.248 e. The van der Waals surface area contributed by atoms with E-state index in [1.165, 1.54) is 10.7 Å². The van der Waals surface area contributed by atoms with Crippen LogP contribution in [-0.4, -0.2) is 69.7 Å². The molecule has 0 unspecified atom stereocenters. The Morgan fingerprint density at radius 2 is 1.82 bits per heavy atom. The number of piperazine rings is 2. The van der Waals surface area contributed by atoms with E-state index in [9.17, 15) is 14.0 Å². The van der Waals surface area contributed by atoms with E-state index >= 15 is 0 Å². The van der Waals surface area contributed by atoms with Crippen molar-refractivity contribution in [3.05, 3.63) is 83.9 Å². The minimum Gasteiger partial charge on any atom is -0.374 e. The number of carbonyl (C=O) groups is 2. The molecule has 0 bridgehead atoms. The number of halogens is 1. The number of rotatable bonds is 7. The Bertz CT molecular complexity index is 1170. The zero-order chi connectivity index (χ0) is 23.5. The summed E-state index contributed by atoms with van der Waals surface area (Å²) in [6, 6.07) is 15.0. The van der Waals surface area contributed by atoms with Gasteiger partial charge in [-0.15, -0.1) is 0 Å². The van der Waals surface area contributed by atoms with Gasteiger partial charge in [-0.2, -0.15) is 5.10 Å². The number of benzene rings is 2. The first-order chi connectivity index (χ1) is 16.6. The lowest BCUT2D eigenvalue weighted by Crippen LogP contribution is -2.69. The topological polar surface area (TPSA) is 79.7 Å². The van der Waals surface area contributed by atoms with Gasteiger partial charge < -0.3 is 15.0 Å². The summed E-state index contributed by atoms with van der Waals surface area (Å²) in [5.74, 6) is -0.616. The Hall–Kier alpha value is -3.56. The summed E-state index contributed by atoms with van der Waals surface area (Å²) in [5, 5.41) is 7.10. The van der Waals surface area contributed by atoms with Gasteiger partial charge >= 0.3 is 0 Å². The highest BCUT2D eigenvalue weighted by Gasteiger charge is 2.43. The molecule has 0 saturated carbocycles. The summed E-state index contributed by atoms with van der Waals surface area (Å²) >= 11 is 0. The predicted molar refractivity (Wildman–Crippen MR) is 122 cm³/mol. The summed E-state index contributed by atoms with van der Waals surface area (Å²) in [4.78, 5) is 29.5. The van der Waals surface area contributed by atoms with Crippen LogP contribution in [0.4, 0.5) is 4.39 Å². The number of amides is 2. The van der Waals surface area contributed by atoms with Crippen LogP contribution in [0, 0.1) is 5.82 Å². The summed E-state index contributed by atoms with van der Waals surface area (Å²) in [7, 11) is 0. The van der Waals surface area contributed by atoms with E-state index in [0.29, 0.717) is 38.5 Å². The van der Waals surface area contributed by atoms with E-state index in [0.717, 1.165) is 11.1 Å². The van der Waals surface area contributed by atoms with Crippen molar-refractivity contribution in [2.45, 2.75) is 25.2 Å². The van der Waals surface area contributed by atoms with Crippen molar-refractivity contribution in [3.63, 3.8) is 0 Å². The molecule has 9 heteroatoms. The number of ether oxygens (including phenoxy) is 1. The van der Waals surface area contributed by atoms with Gasteiger partial charge in [-0.1, -0.05) is 42.5 Å². The molecular weight excluding hydrogens is 437 g/mol. The van der Waals surface area contributed by atoms with E-state index < -0.39 is 12.1 Å². The van der Waals surface area contributed by atoms with E-state index in [4.69, 9.17) is 4.74 Å². The molecule has 2 aliphatic rings. The third-order valence-corrected chi connectivity index (χ3v) is 6.20. The monoisotopic (exact) mass is 463 g/mol. The van der Waals surface area contributed by atoms with Crippen LogP contribution >= 0.6 is 0 Å². The largest absolute Gasteiger partial charge is 0.374 e. The maximum Gasteiger partial charge on any atom is 0.248 e. The van der Waals surface area contributed by atoms with Crippen LogP contribution in [0.3, 0.4) is 0 Å². The average molecular weight is 464 g/mol. The molecule has 2 atom stereocenters. The summed E-state index contributed by atoms with van der Waals surface area (Å²) in [6.45, 7) is 2.62. The van der Waals surface area contributed by atoms with Gasteiger partial charge in [0.05, 0.1) is 19.4 Å². The molecule has 2 amide bonds. The van der Waals surface area contributed by atoms with Gasteiger partial charge in [0.25, 0.3) is 0 Å². The number of hydrogen-bond donors (Lipinski definition) is 1. The second-order valence-corrected chi connectivity index (χ2v) is 8.59. The number of nitrogens with one attached hydrogen (secondary N) is 1. The quantitative estimate of drug-likeness (QED) is 0.578. The van der Waals surface area contributed by atoms with Gasteiger partial charge in [-0.25, -0.2) is 9.07 Å². The minimum atomic E-state index is -0.669. The average Bonchev–Trinajstić information content (AvgIpc) is 3.31. The number of hydrogen-bond acceptors (Lipinski definition) is 5. The van der Waals surface area contributed by atoms with Crippen molar-refractivity contribution in [2.75, 3.05) is 26.2 Å². The predicted octanol–water partition coefficient (Wildman–Crippen LogP) is 1.74. The Kier molecular flexibility index (Phi) is 6.37. The molecule has 2 aromatic carbocycles. The van der Waals surface area contributed by atoms with Crippen LogP contribution in [0.2, 0.25) is 0 Å². The highest BCUT2D eigenvalue weighted by molar-refractivity contribution is 5.97. The maximum absolute atomic E-state index is 14.0. The third-order valence-electron chi connectivity index (χ3n) is 6.20. The summed E-state index contributed by atoms with van der Waals surface area (Å²) in [5.41, 5.74) is 2.31. The summed E-state index contributed by atoms with van der Waals surface area (Å²) in [6.07, 6.45) is 3.49. The molecule has 2 fully saturated rings. The molecule has 1 N–H and O–H groups in total. The minimum absolute atomic E-state index is 0.107. The first-order valence-electron chi connectivity index (χ1n) is 11.3. The number of nitrogens with zero attached hydrogens (tertiary/aromatic N) is 4. The van der Waals surface area contributed by atoms with Crippen LogP contribution < -0.4 is 5.32 Å². The van der Waals surface area contributed by atoms with Crippen molar-refractivity contribution in [3.8, 4) is 5.69 Å². The molecule has 3 heterocycles. The zero-order valence-corrected chi connectivity index (χ0v) is 18.6. The molecule has 2 aliphatic heterocycles. The molecule has 3 aromatic rings. The van der Waals surface area contributed by atoms with Crippen molar-refractivity contribution >= 4 is 11.8 Å². The first-order valence-corrected chi connectivity index (χ1v) is 11.3. The van der Waals surface area contributed by atoms with Crippen LogP contribution in [0.25, 0.3) is 5.69 Å². The lowest BCUT2D eigenvalue weighted by molar-refractivity contribution is -0.155. The maximum atomic E-state index is 14.0. The Morgan fingerprint density at radius 3 is 2.65 bits per heavy atom. The van der Waals surface area contributed by atoms with Gasteiger partial charge in [0, 0.05) is 37.9 Å². The highest BCUT2D eigenvalue weighted by Crippen LogP contribution is 2.19. The second-order valence-electron chi connectivity index (χ2n) is 8.59. The third kappa shape index (κ3) is 4.71. The fraction of sp³-hybridized carbons (Fsp3) is 0.320. The Morgan fingerprint density at radius 1 is 1.03 bits per heavy atom. The lowest BCUT2D eigenvalue weighted by Gasteiger charge is -2.45. The molecule has 0 radical (unpaired) electrons. The van der Waals surface area contributed by atoms with Gasteiger partial charge in [0.1, 0.15) is 23.6 Å². The molecule has 1 aromatic heterocycles. The van der Waals surface area contributed by atoms with Gasteiger partial charge in [-0.3, -0.25) is 14.5 Å². The van der Waals surface area contributed by atoms with Gasteiger partial charge in [0.15, 0.2) is 0 Å². The summed E-state index contributed by atoms with van der Waals surface area (Å²) < 4.78 is 21.3. The number of fused-ring (bicyclic) bond motifs is 1. The van der Waals surface area contributed by atoms with E-state index in [1.54, 1.807) is 35.5 Å². The van der Waals surface area contributed by atoms with Crippen molar-refractivity contribution in [1.29, 1.82) is 0 Å². The van der Waals surface area contributed by atoms with Crippen molar-refractivity contribution in [1.82, 2.24) is 24.9 Å². The molecule has 34 heavy (non-hydrogen) atoms. The molecule has 176 valence electrons. The number of aromatic nitrogens is 2. The molecule has 5 rings (SSSR count). The first kappa shape index (κ1) is 22.2. The highest BCUT2D eigenvalue weighted by atomic mass is 19.1. The number of para-hydroxylation sites is 1. The molecule has 2 saturated heterocycles. The van der Waals surface area contributed by atoms with E-state index in [1.807, 2.05) is 30.3 Å². The van der Waals surface area contributed by atoms with Crippen molar-refractivity contribution < 1.29 is 18.7 Å². The normalized spacial score (nSPS) is 20.8. The lowest BCUT2D eigenvalue weighted by atomic mass is 10.0. The Labute approximate surface area is 196 Å². The van der Waals surface area contributed by atoms with Gasteiger partial charge in [-0.05, 0) is 17.7 Å². The van der Waals surface area contributed by atoms with Crippen LogP contribution in [-0.2, 0) is 27.5 Å². The van der Waals surface area contributed by atoms with Crippen molar-refractivity contribution in [2.24, 2.45) is 0 Å². The number of carbonyl (C=O) groups excluding carboxylic acids is 2. The molecule has 0 spiro atoms. The SMILES string of the molecule is O=C1N[C@@H](COCc2ccccc2)C(=O)N2CCN(Cc3cnn(-c4ccccc4F)c3)C[C@H]12. The molecular formula is C25H26FN5O3. The van der Waals surface area contributed by atoms with Crippen LogP contribution in [0.15, 0.2) is 67.0 Å². The van der Waals surface area contributed by atoms with Gasteiger partial charge in [0.2, 0.25) is 11.8 Å². The van der Waals surface area contributed by atoms with Crippen LogP contribution in [0.1, 0.15) is 11.1 Å². The zero-order valence-electron chi connectivity index (χ0n) is 18.6. The fourth-order valence-electron chi connectivity index (χ4n) is 4.45. The van der Waals surface area contributed by atoms with Crippen LogP contribution in [0.5, 0.6) is 0 Å². The second kappa shape index (κ2) is 9.74. The molecule has 0 aliphatic carbocycles. The standard InChI is InChI=1S/C25H26FN5O3/c26-20-8-4-5-9-22(20)31-14-19(12-27-31)13-29-10-11-30-23(15-29)24(32)28-21(25(30)33)17-34-16-18-6-2-1-3-7-18/h1-9,12,14,21,23H,10-11,13,15-17H2,(H,28,32)/t21-,23+/m0/s1. The fourth-order valence-corrected chi connectivity index (χ4v) is 4.45. The van der Waals surface area contributed by atoms with E-state index in [-0.39, 0.29) is 24.2 Å². The molecule has 8 nitrogen and oxygen atoms in total. The Balaban J connectivity index is 1.17.